The van der Waals surface area contributed by atoms with Gasteiger partial charge in [-0.05, 0) is 18.2 Å². The number of anilines is 1. The fourth-order valence-corrected chi connectivity index (χ4v) is 3.33. The SMILES string of the molecule is O=C(NC1=NCCS1)C1CC(=O)N(c2cccc(C(F)(F)F)c2)C1. The summed E-state index contributed by atoms with van der Waals surface area (Å²) in [5, 5.41) is 3.20. The van der Waals surface area contributed by atoms with Crippen molar-refractivity contribution in [1.29, 1.82) is 0 Å². The number of halogens is 3. The van der Waals surface area contributed by atoms with Gasteiger partial charge in [-0.2, -0.15) is 13.2 Å². The first-order valence-electron chi connectivity index (χ1n) is 7.30. The lowest BCUT2D eigenvalue weighted by atomic mass is 10.1. The number of nitrogens with zero attached hydrogens (tertiary/aromatic N) is 2. The van der Waals surface area contributed by atoms with Gasteiger partial charge >= 0.3 is 6.18 Å². The Bertz CT molecular complexity index is 705. The van der Waals surface area contributed by atoms with E-state index in [1.165, 1.54) is 28.8 Å². The third kappa shape index (κ3) is 3.55. The van der Waals surface area contributed by atoms with Gasteiger partial charge in [-0.25, -0.2) is 0 Å². The van der Waals surface area contributed by atoms with Crippen molar-refractivity contribution in [3.63, 3.8) is 0 Å². The Morgan fingerprint density at radius 3 is 2.83 bits per heavy atom. The van der Waals surface area contributed by atoms with Crippen molar-refractivity contribution in [2.24, 2.45) is 10.9 Å². The van der Waals surface area contributed by atoms with Crippen molar-refractivity contribution in [3.05, 3.63) is 29.8 Å². The highest BCUT2D eigenvalue weighted by atomic mass is 32.2. The summed E-state index contributed by atoms with van der Waals surface area (Å²) in [7, 11) is 0. The molecule has 3 rings (SSSR count). The van der Waals surface area contributed by atoms with Crippen molar-refractivity contribution in [2.45, 2.75) is 12.6 Å². The molecule has 9 heteroatoms. The Balaban J connectivity index is 1.72. The molecule has 24 heavy (non-hydrogen) atoms. The number of thioether (sulfide) groups is 1. The molecule has 0 spiro atoms. The van der Waals surface area contributed by atoms with Gasteiger partial charge in [-0.3, -0.25) is 14.6 Å². The lowest BCUT2D eigenvalue weighted by molar-refractivity contribution is -0.137. The molecule has 0 aliphatic carbocycles. The fourth-order valence-electron chi connectivity index (χ4n) is 2.60. The number of hydrogen-bond acceptors (Lipinski definition) is 4. The summed E-state index contributed by atoms with van der Waals surface area (Å²) in [6.07, 6.45) is -4.51. The fraction of sp³-hybridized carbons (Fsp3) is 0.400. The molecule has 2 aliphatic heterocycles. The predicted molar refractivity (Wildman–Crippen MR) is 84.8 cm³/mol. The molecule has 1 atom stereocenters. The molecular weight excluding hydrogens is 343 g/mol. The molecular formula is C15H14F3N3O2S. The van der Waals surface area contributed by atoms with Crippen LogP contribution in [0.4, 0.5) is 18.9 Å². The lowest BCUT2D eigenvalue weighted by Gasteiger charge is -2.18. The van der Waals surface area contributed by atoms with Gasteiger partial charge in [-0.15, -0.1) is 0 Å². The van der Waals surface area contributed by atoms with Crippen molar-refractivity contribution >= 4 is 34.4 Å². The topological polar surface area (TPSA) is 61.8 Å². The van der Waals surface area contributed by atoms with Crippen LogP contribution in [0.3, 0.4) is 0 Å². The van der Waals surface area contributed by atoms with E-state index in [0.29, 0.717) is 11.7 Å². The van der Waals surface area contributed by atoms with E-state index < -0.39 is 17.7 Å². The Morgan fingerprint density at radius 1 is 1.38 bits per heavy atom. The molecule has 0 aromatic heterocycles. The van der Waals surface area contributed by atoms with Crippen LogP contribution < -0.4 is 10.2 Å². The van der Waals surface area contributed by atoms with Gasteiger partial charge in [0.15, 0.2) is 5.17 Å². The molecule has 128 valence electrons. The average molecular weight is 357 g/mol. The first kappa shape index (κ1) is 16.8. The number of benzene rings is 1. The maximum Gasteiger partial charge on any atom is 0.416 e. The number of rotatable bonds is 2. The highest BCUT2D eigenvalue weighted by Gasteiger charge is 2.37. The van der Waals surface area contributed by atoms with Crippen LogP contribution in [-0.2, 0) is 15.8 Å². The smallest absolute Gasteiger partial charge is 0.312 e. The zero-order chi connectivity index (χ0) is 17.3. The van der Waals surface area contributed by atoms with E-state index in [4.69, 9.17) is 0 Å². The van der Waals surface area contributed by atoms with E-state index in [-0.39, 0.29) is 30.5 Å². The maximum atomic E-state index is 12.8. The van der Waals surface area contributed by atoms with Gasteiger partial charge in [0.05, 0.1) is 18.0 Å². The Kier molecular flexibility index (Phi) is 4.53. The second-order valence-electron chi connectivity index (χ2n) is 5.48. The summed E-state index contributed by atoms with van der Waals surface area (Å²) in [6.45, 7) is 0.699. The standard InChI is InChI=1S/C15H14F3N3O2S/c16-15(17,18)10-2-1-3-11(7-10)21-8-9(6-12(21)22)13(23)20-14-19-4-5-24-14/h1-3,7,9H,4-6,8H2,(H,19,20,23). The van der Waals surface area contributed by atoms with Crippen LogP contribution in [0.2, 0.25) is 0 Å². The van der Waals surface area contributed by atoms with Gasteiger partial charge in [0.25, 0.3) is 0 Å². The third-order valence-corrected chi connectivity index (χ3v) is 4.69. The summed E-state index contributed by atoms with van der Waals surface area (Å²) in [4.78, 5) is 29.6. The number of amidine groups is 1. The van der Waals surface area contributed by atoms with Crippen LogP contribution >= 0.6 is 11.8 Å². The Labute approximate surface area is 140 Å². The minimum Gasteiger partial charge on any atom is -0.312 e. The van der Waals surface area contributed by atoms with Crippen molar-refractivity contribution in [3.8, 4) is 0 Å². The van der Waals surface area contributed by atoms with Gasteiger partial charge in [0, 0.05) is 24.4 Å². The number of aliphatic imine (C=N–C) groups is 1. The first-order valence-corrected chi connectivity index (χ1v) is 8.29. The molecule has 1 aromatic carbocycles. The van der Waals surface area contributed by atoms with E-state index in [9.17, 15) is 22.8 Å². The van der Waals surface area contributed by atoms with E-state index in [0.717, 1.165) is 17.9 Å². The van der Waals surface area contributed by atoms with Crippen LogP contribution in [0.1, 0.15) is 12.0 Å². The highest BCUT2D eigenvalue weighted by Crippen LogP contribution is 2.33. The molecule has 1 unspecified atom stereocenters. The molecule has 2 aliphatic rings. The number of alkyl halides is 3. The molecule has 5 nitrogen and oxygen atoms in total. The van der Waals surface area contributed by atoms with Crippen LogP contribution in [0, 0.1) is 5.92 Å². The molecule has 1 saturated heterocycles. The largest absolute Gasteiger partial charge is 0.416 e. The second kappa shape index (κ2) is 6.46. The molecule has 2 amide bonds. The van der Waals surface area contributed by atoms with Gasteiger partial charge < -0.3 is 10.2 Å². The number of hydrogen-bond donors (Lipinski definition) is 1. The Morgan fingerprint density at radius 2 is 2.17 bits per heavy atom. The zero-order valence-corrected chi connectivity index (χ0v) is 13.3. The number of amides is 2. The molecule has 1 fully saturated rings. The summed E-state index contributed by atoms with van der Waals surface area (Å²) >= 11 is 1.43. The molecule has 1 aromatic rings. The van der Waals surface area contributed by atoms with Gasteiger partial charge in [0.2, 0.25) is 11.8 Å². The molecule has 0 saturated carbocycles. The molecule has 0 bridgehead atoms. The van der Waals surface area contributed by atoms with Gasteiger partial charge in [-0.1, -0.05) is 17.8 Å². The van der Waals surface area contributed by atoms with Crippen LogP contribution in [0.5, 0.6) is 0 Å². The van der Waals surface area contributed by atoms with Crippen LogP contribution in [0.25, 0.3) is 0 Å². The van der Waals surface area contributed by atoms with E-state index >= 15 is 0 Å². The average Bonchev–Trinajstić information content (AvgIpc) is 3.16. The highest BCUT2D eigenvalue weighted by molar-refractivity contribution is 8.14. The predicted octanol–water partition coefficient (Wildman–Crippen LogP) is 2.28. The lowest BCUT2D eigenvalue weighted by Crippen LogP contribution is -2.35. The normalized spacial score (nSPS) is 21.1. The Hall–Kier alpha value is -2.03. The molecule has 1 N–H and O–H groups in total. The molecule has 0 radical (unpaired) electrons. The van der Waals surface area contributed by atoms with Gasteiger partial charge in [0.1, 0.15) is 0 Å². The minimum atomic E-state index is -4.48. The van der Waals surface area contributed by atoms with Crippen molar-refractivity contribution in [1.82, 2.24) is 5.32 Å². The maximum absolute atomic E-state index is 12.8. The summed E-state index contributed by atoms with van der Waals surface area (Å²) < 4.78 is 38.4. The van der Waals surface area contributed by atoms with Crippen molar-refractivity contribution < 1.29 is 22.8 Å². The van der Waals surface area contributed by atoms with Crippen molar-refractivity contribution in [2.75, 3.05) is 23.7 Å². The van der Waals surface area contributed by atoms with Crippen LogP contribution in [0.15, 0.2) is 29.3 Å². The van der Waals surface area contributed by atoms with E-state index in [2.05, 4.69) is 10.3 Å². The monoisotopic (exact) mass is 357 g/mol. The van der Waals surface area contributed by atoms with E-state index in [1.807, 2.05) is 0 Å². The third-order valence-electron chi connectivity index (χ3n) is 3.80. The second-order valence-corrected chi connectivity index (χ2v) is 6.56. The van der Waals surface area contributed by atoms with Crippen LogP contribution in [-0.4, -0.2) is 35.8 Å². The van der Waals surface area contributed by atoms with E-state index in [1.54, 1.807) is 0 Å². The number of carbonyl (C=O) groups excluding carboxylic acids is 2. The quantitative estimate of drug-likeness (QED) is 0.883. The zero-order valence-electron chi connectivity index (χ0n) is 12.5. The first-order chi connectivity index (χ1) is 11.3. The summed E-state index contributed by atoms with van der Waals surface area (Å²) in [6, 6.07) is 4.56. The minimum absolute atomic E-state index is 0.0278. The molecule has 2 heterocycles. The summed E-state index contributed by atoms with van der Waals surface area (Å²) in [5.41, 5.74) is -0.671. The number of carbonyl (C=O) groups is 2. The summed E-state index contributed by atoms with van der Waals surface area (Å²) in [5.74, 6) is -0.493. The number of nitrogens with one attached hydrogen (secondary N) is 1.